The van der Waals surface area contributed by atoms with Gasteiger partial charge in [0, 0.05) is 6.54 Å². The predicted molar refractivity (Wildman–Crippen MR) is 62.0 cm³/mol. The summed E-state index contributed by atoms with van der Waals surface area (Å²) in [4.78, 5) is 4.45. The molecule has 1 aromatic rings. The third kappa shape index (κ3) is 1.39. The van der Waals surface area contributed by atoms with Crippen LogP contribution in [0.2, 0.25) is 0 Å². The first-order valence-electron chi connectivity index (χ1n) is 3.73. The zero-order valence-electron chi connectivity index (χ0n) is 6.55. The fourth-order valence-corrected chi connectivity index (χ4v) is 2.48. The molecule has 2 heterocycles. The molecule has 66 valence electrons. The molecule has 1 aromatic heterocycles. The number of nitrogens with zero attached hydrogens (tertiary/aromatic N) is 2. The zero-order valence-corrected chi connectivity index (χ0v) is 10.9. The molecule has 12 heavy (non-hydrogen) atoms. The van der Waals surface area contributed by atoms with Crippen LogP contribution in [0.5, 0.6) is 0 Å². The molecular weight excluding hydrogens is 382 g/mol. The number of halogens is 2. The number of hydrogen-bond donors (Lipinski definition) is 0. The third-order valence-corrected chi connectivity index (χ3v) is 4.82. The number of rotatable bonds is 0. The van der Waals surface area contributed by atoms with E-state index in [-0.39, 0.29) is 6.10 Å². The molecule has 0 saturated heterocycles. The molecule has 0 aromatic carbocycles. The van der Waals surface area contributed by atoms with Crippen molar-refractivity contribution >= 4 is 45.2 Å². The van der Waals surface area contributed by atoms with Crippen LogP contribution in [0.15, 0.2) is 0 Å². The Bertz CT molecular complexity index is 311. The van der Waals surface area contributed by atoms with Gasteiger partial charge in [0.15, 0.2) is 0 Å². The zero-order chi connectivity index (χ0) is 8.72. The van der Waals surface area contributed by atoms with Gasteiger partial charge in [0.1, 0.15) is 19.3 Å². The van der Waals surface area contributed by atoms with E-state index in [1.807, 2.05) is 6.92 Å². The molecule has 0 spiro atoms. The van der Waals surface area contributed by atoms with Crippen molar-refractivity contribution in [3.63, 3.8) is 0 Å². The number of hydrogen-bond acceptors (Lipinski definition) is 2. The highest BCUT2D eigenvalue weighted by molar-refractivity contribution is 14.1. The molecular formula is C7H8I2N2O. The first-order chi connectivity index (χ1) is 5.70. The first-order valence-corrected chi connectivity index (χ1v) is 5.89. The lowest BCUT2D eigenvalue weighted by Gasteiger charge is -2.21. The van der Waals surface area contributed by atoms with Crippen molar-refractivity contribution in [2.75, 3.05) is 6.61 Å². The second-order valence-electron chi connectivity index (χ2n) is 2.72. The fraction of sp³-hybridized carbons (Fsp3) is 0.571. The van der Waals surface area contributed by atoms with E-state index >= 15 is 0 Å². The normalized spacial score (nSPS) is 22.4. The summed E-state index contributed by atoms with van der Waals surface area (Å²) < 4.78 is 10.0. The Balaban J connectivity index is 2.52. The monoisotopic (exact) mass is 390 g/mol. The summed E-state index contributed by atoms with van der Waals surface area (Å²) in [6, 6.07) is 0. The topological polar surface area (TPSA) is 27.1 Å². The number of ether oxygens (including phenoxy) is 1. The minimum absolute atomic E-state index is 0.149. The third-order valence-electron chi connectivity index (χ3n) is 1.94. The van der Waals surface area contributed by atoms with E-state index < -0.39 is 0 Å². The van der Waals surface area contributed by atoms with Crippen molar-refractivity contribution in [1.82, 2.24) is 9.55 Å². The van der Waals surface area contributed by atoms with E-state index in [9.17, 15) is 0 Å². The lowest BCUT2D eigenvalue weighted by Crippen LogP contribution is -2.20. The second kappa shape index (κ2) is 3.41. The highest BCUT2D eigenvalue weighted by Gasteiger charge is 2.22. The Hall–Kier alpha value is 0.630. The van der Waals surface area contributed by atoms with Gasteiger partial charge in [0.25, 0.3) is 0 Å². The SMILES string of the molecule is CC1OCCn2c1nc(I)c2I. The molecule has 0 amide bonds. The van der Waals surface area contributed by atoms with Crippen molar-refractivity contribution in [3.8, 4) is 0 Å². The number of aromatic nitrogens is 2. The van der Waals surface area contributed by atoms with Crippen molar-refractivity contribution in [3.05, 3.63) is 13.2 Å². The molecule has 3 nitrogen and oxygen atoms in total. The summed E-state index contributed by atoms with van der Waals surface area (Å²) in [6.07, 6.45) is 0.149. The van der Waals surface area contributed by atoms with Gasteiger partial charge in [-0.25, -0.2) is 4.98 Å². The second-order valence-corrected chi connectivity index (χ2v) is 4.76. The Morgan fingerprint density at radius 3 is 3.00 bits per heavy atom. The highest BCUT2D eigenvalue weighted by atomic mass is 127. The average molecular weight is 390 g/mol. The van der Waals surface area contributed by atoms with Gasteiger partial charge in [-0.1, -0.05) is 0 Å². The van der Waals surface area contributed by atoms with E-state index in [4.69, 9.17) is 4.74 Å². The Labute approximate surface area is 98.2 Å². The van der Waals surface area contributed by atoms with Crippen LogP contribution >= 0.6 is 45.2 Å². The van der Waals surface area contributed by atoms with Gasteiger partial charge in [-0.3, -0.25) is 0 Å². The largest absolute Gasteiger partial charge is 0.369 e. The molecule has 0 bridgehead atoms. The van der Waals surface area contributed by atoms with Crippen LogP contribution in [0.4, 0.5) is 0 Å². The molecule has 2 rings (SSSR count). The van der Waals surface area contributed by atoms with Crippen LogP contribution in [-0.2, 0) is 11.3 Å². The summed E-state index contributed by atoms with van der Waals surface area (Å²) in [5.74, 6) is 1.06. The molecule has 0 aliphatic carbocycles. The molecule has 1 atom stereocenters. The Morgan fingerprint density at radius 2 is 2.33 bits per heavy atom. The standard InChI is InChI=1S/C7H8I2N2O/c1-4-7-10-5(8)6(9)11(7)2-3-12-4/h4H,2-3H2,1H3. The average Bonchev–Trinajstić information content (AvgIpc) is 2.32. The van der Waals surface area contributed by atoms with Gasteiger partial charge >= 0.3 is 0 Å². The quantitative estimate of drug-likeness (QED) is 0.636. The van der Waals surface area contributed by atoms with E-state index in [2.05, 4.69) is 54.7 Å². The maximum Gasteiger partial charge on any atom is 0.139 e. The van der Waals surface area contributed by atoms with Crippen molar-refractivity contribution < 1.29 is 4.74 Å². The summed E-state index contributed by atoms with van der Waals surface area (Å²) in [7, 11) is 0. The summed E-state index contributed by atoms with van der Waals surface area (Å²) >= 11 is 4.59. The fourth-order valence-electron chi connectivity index (χ4n) is 1.34. The minimum Gasteiger partial charge on any atom is -0.369 e. The van der Waals surface area contributed by atoms with E-state index in [0.717, 1.165) is 22.7 Å². The summed E-state index contributed by atoms with van der Waals surface area (Å²) in [6.45, 7) is 3.79. The van der Waals surface area contributed by atoms with Gasteiger partial charge in [-0.15, -0.1) is 0 Å². The van der Waals surface area contributed by atoms with Crippen molar-refractivity contribution in [1.29, 1.82) is 0 Å². The lowest BCUT2D eigenvalue weighted by atomic mass is 10.3. The van der Waals surface area contributed by atoms with Crippen LogP contribution in [0.3, 0.4) is 0 Å². The van der Waals surface area contributed by atoms with Crippen molar-refractivity contribution in [2.24, 2.45) is 0 Å². The van der Waals surface area contributed by atoms with Gasteiger partial charge in [-0.2, -0.15) is 0 Å². The maximum atomic E-state index is 5.48. The molecule has 0 radical (unpaired) electrons. The Kier molecular flexibility index (Phi) is 2.61. The number of imidazole rings is 1. The molecule has 0 N–H and O–H groups in total. The maximum absolute atomic E-state index is 5.48. The number of fused-ring (bicyclic) bond motifs is 1. The van der Waals surface area contributed by atoms with Crippen LogP contribution in [0.1, 0.15) is 18.9 Å². The van der Waals surface area contributed by atoms with Gasteiger partial charge in [0.2, 0.25) is 0 Å². The van der Waals surface area contributed by atoms with Crippen LogP contribution in [0, 0.1) is 7.40 Å². The molecule has 0 fully saturated rings. The predicted octanol–water partition coefficient (Wildman–Crippen LogP) is 2.18. The molecule has 0 saturated carbocycles. The minimum atomic E-state index is 0.149. The van der Waals surface area contributed by atoms with Gasteiger partial charge in [-0.05, 0) is 52.1 Å². The highest BCUT2D eigenvalue weighted by Crippen LogP contribution is 2.25. The molecule has 1 aliphatic heterocycles. The molecule has 1 unspecified atom stereocenters. The van der Waals surface area contributed by atoms with Crippen LogP contribution in [0.25, 0.3) is 0 Å². The lowest BCUT2D eigenvalue weighted by molar-refractivity contribution is 0.0286. The first kappa shape index (κ1) is 9.20. The Morgan fingerprint density at radius 1 is 1.58 bits per heavy atom. The van der Waals surface area contributed by atoms with Gasteiger partial charge < -0.3 is 9.30 Å². The van der Waals surface area contributed by atoms with E-state index in [0.29, 0.717) is 0 Å². The molecule has 5 heteroatoms. The summed E-state index contributed by atoms with van der Waals surface area (Å²) in [5.41, 5.74) is 0. The van der Waals surface area contributed by atoms with E-state index in [1.165, 1.54) is 3.70 Å². The van der Waals surface area contributed by atoms with Crippen LogP contribution < -0.4 is 0 Å². The summed E-state index contributed by atoms with van der Waals surface area (Å²) in [5, 5.41) is 0. The smallest absolute Gasteiger partial charge is 0.139 e. The molecule has 1 aliphatic rings. The van der Waals surface area contributed by atoms with Crippen molar-refractivity contribution in [2.45, 2.75) is 19.6 Å². The van der Waals surface area contributed by atoms with Gasteiger partial charge in [0.05, 0.1) is 6.61 Å². The van der Waals surface area contributed by atoms with E-state index in [1.54, 1.807) is 0 Å². The van der Waals surface area contributed by atoms with Crippen LogP contribution in [-0.4, -0.2) is 16.2 Å².